The fourth-order valence-corrected chi connectivity index (χ4v) is 6.02. The van der Waals surface area contributed by atoms with Crippen LogP contribution in [0.2, 0.25) is 0 Å². The third-order valence-electron chi connectivity index (χ3n) is 5.71. The van der Waals surface area contributed by atoms with Crippen LogP contribution in [0.25, 0.3) is 0 Å². The maximum atomic E-state index is 11.7. The van der Waals surface area contributed by atoms with Crippen LogP contribution in [-0.2, 0) is 4.79 Å². The molecule has 0 aromatic carbocycles. The van der Waals surface area contributed by atoms with Crippen LogP contribution in [0.15, 0.2) is 0 Å². The highest BCUT2D eigenvalue weighted by atomic mass is 32.2. The number of aliphatic carboxylic acids is 1. The second-order valence-electron chi connectivity index (χ2n) is 6.57. The largest absolute Gasteiger partial charge is 0.480 e. The monoisotopic (exact) mass is 254 g/mol. The van der Waals surface area contributed by atoms with Gasteiger partial charge in [-0.25, -0.2) is 0 Å². The molecule has 0 heterocycles. The number of hydrogen-bond acceptors (Lipinski definition) is 2. The Hall–Kier alpha value is -0.180. The fraction of sp³-hybridized carbons (Fsp3) is 0.929. The molecule has 4 bridgehead atoms. The summed E-state index contributed by atoms with van der Waals surface area (Å²) in [6, 6.07) is 0. The minimum Gasteiger partial charge on any atom is -0.480 e. The predicted molar refractivity (Wildman–Crippen MR) is 70.1 cm³/mol. The molecule has 4 saturated carbocycles. The van der Waals surface area contributed by atoms with E-state index in [9.17, 15) is 9.90 Å². The lowest BCUT2D eigenvalue weighted by Crippen LogP contribution is -2.55. The molecule has 0 spiro atoms. The summed E-state index contributed by atoms with van der Waals surface area (Å²) >= 11 is 1.56. The Morgan fingerprint density at radius 3 is 1.94 bits per heavy atom. The van der Waals surface area contributed by atoms with E-state index in [4.69, 9.17) is 0 Å². The molecule has 1 unspecified atom stereocenters. The van der Waals surface area contributed by atoms with E-state index in [-0.39, 0.29) is 0 Å². The van der Waals surface area contributed by atoms with Crippen molar-refractivity contribution in [3.63, 3.8) is 0 Å². The van der Waals surface area contributed by atoms with Gasteiger partial charge < -0.3 is 5.11 Å². The molecule has 0 radical (unpaired) electrons. The Morgan fingerprint density at radius 1 is 1.12 bits per heavy atom. The van der Waals surface area contributed by atoms with E-state index in [1.165, 1.54) is 32.1 Å². The van der Waals surface area contributed by atoms with Crippen molar-refractivity contribution in [1.82, 2.24) is 0 Å². The second kappa shape index (κ2) is 3.91. The number of rotatable bonds is 3. The van der Waals surface area contributed by atoms with Gasteiger partial charge in [0, 0.05) is 0 Å². The average molecular weight is 254 g/mol. The van der Waals surface area contributed by atoms with Gasteiger partial charge in [-0.1, -0.05) is 0 Å². The maximum Gasteiger partial charge on any atom is 0.319 e. The summed E-state index contributed by atoms with van der Waals surface area (Å²) in [4.78, 5) is 11.7. The van der Waals surface area contributed by atoms with Gasteiger partial charge in [0.25, 0.3) is 0 Å². The normalized spacial score (nSPS) is 46.8. The smallest absolute Gasteiger partial charge is 0.319 e. The summed E-state index contributed by atoms with van der Waals surface area (Å²) in [6.07, 6.45) is 8.63. The Balaban J connectivity index is 1.91. The van der Waals surface area contributed by atoms with Crippen LogP contribution in [0, 0.1) is 29.6 Å². The zero-order valence-corrected chi connectivity index (χ0v) is 11.5. The molecule has 4 fully saturated rings. The van der Waals surface area contributed by atoms with E-state index in [1.807, 2.05) is 13.2 Å². The molecule has 0 aromatic rings. The molecule has 96 valence electrons. The highest BCUT2D eigenvalue weighted by Crippen LogP contribution is 2.60. The Labute approximate surface area is 108 Å². The van der Waals surface area contributed by atoms with E-state index in [0.717, 1.165) is 11.8 Å². The number of carboxylic acids is 1. The topological polar surface area (TPSA) is 37.3 Å². The van der Waals surface area contributed by atoms with Crippen LogP contribution >= 0.6 is 11.8 Å². The van der Waals surface area contributed by atoms with Crippen LogP contribution in [-0.4, -0.2) is 22.1 Å². The summed E-state index contributed by atoms with van der Waals surface area (Å²) in [7, 11) is 0. The summed E-state index contributed by atoms with van der Waals surface area (Å²) in [6.45, 7) is 1.97. The highest BCUT2D eigenvalue weighted by molar-refractivity contribution is 8.00. The lowest BCUT2D eigenvalue weighted by Gasteiger charge is -2.58. The summed E-state index contributed by atoms with van der Waals surface area (Å²) < 4.78 is -0.553. The van der Waals surface area contributed by atoms with Crippen molar-refractivity contribution in [2.45, 2.75) is 43.8 Å². The lowest BCUT2D eigenvalue weighted by atomic mass is 9.49. The maximum absolute atomic E-state index is 11.7. The number of carbonyl (C=O) groups is 1. The van der Waals surface area contributed by atoms with Crippen molar-refractivity contribution in [1.29, 1.82) is 0 Å². The standard InChI is InChI=1S/C14H22O2S/c1-14(17-2,13(15)16)12-10-4-8-3-9(6-10)7-11(12)5-8/h8-12H,3-7H2,1-2H3,(H,15,16). The number of hydrogen-bond donors (Lipinski definition) is 1. The zero-order chi connectivity index (χ0) is 12.2. The molecule has 4 aliphatic carbocycles. The SMILES string of the molecule is CSC(C)(C(=O)O)C1C2CC3CC(C2)CC1C3. The number of thioether (sulfide) groups is 1. The average Bonchev–Trinajstić information content (AvgIpc) is 2.26. The summed E-state index contributed by atoms with van der Waals surface area (Å²) in [5, 5.41) is 9.60. The Kier molecular flexibility index (Phi) is 2.73. The Morgan fingerprint density at radius 2 is 1.59 bits per heavy atom. The van der Waals surface area contributed by atoms with Gasteiger partial charge in [-0.3, -0.25) is 4.79 Å². The van der Waals surface area contributed by atoms with Crippen LogP contribution < -0.4 is 0 Å². The molecule has 0 aliphatic heterocycles. The van der Waals surface area contributed by atoms with Gasteiger partial charge in [-0.15, -0.1) is 11.8 Å². The van der Waals surface area contributed by atoms with E-state index in [0.29, 0.717) is 17.8 Å². The highest BCUT2D eigenvalue weighted by Gasteiger charge is 2.56. The van der Waals surface area contributed by atoms with Crippen molar-refractivity contribution in [2.75, 3.05) is 6.26 Å². The fourth-order valence-electron chi connectivity index (χ4n) is 5.19. The number of carboxylic acid groups (broad SMARTS) is 1. The van der Waals surface area contributed by atoms with Crippen LogP contribution in [0.5, 0.6) is 0 Å². The van der Waals surface area contributed by atoms with Gasteiger partial charge in [-0.2, -0.15) is 0 Å². The molecule has 17 heavy (non-hydrogen) atoms. The van der Waals surface area contributed by atoms with Crippen molar-refractivity contribution in [3.05, 3.63) is 0 Å². The van der Waals surface area contributed by atoms with Crippen molar-refractivity contribution >= 4 is 17.7 Å². The van der Waals surface area contributed by atoms with Crippen molar-refractivity contribution in [2.24, 2.45) is 29.6 Å². The van der Waals surface area contributed by atoms with Crippen molar-refractivity contribution in [3.8, 4) is 0 Å². The summed E-state index contributed by atoms with van der Waals surface area (Å²) in [5.74, 6) is 3.06. The third kappa shape index (κ3) is 1.65. The molecule has 0 saturated heterocycles. The van der Waals surface area contributed by atoms with E-state index < -0.39 is 10.7 Å². The third-order valence-corrected chi connectivity index (χ3v) is 7.01. The van der Waals surface area contributed by atoms with Crippen LogP contribution in [0.4, 0.5) is 0 Å². The van der Waals surface area contributed by atoms with Crippen LogP contribution in [0.3, 0.4) is 0 Å². The molecule has 0 aromatic heterocycles. The molecular weight excluding hydrogens is 232 g/mol. The van der Waals surface area contributed by atoms with Gasteiger partial charge >= 0.3 is 5.97 Å². The summed E-state index contributed by atoms with van der Waals surface area (Å²) in [5.41, 5.74) is 0. The first kappa shape index (κ1) is 11.9. The second-order valence-corrected chi connectivity index (χ2v) is 7.83. The van der Waals surface area contributed by atoms with Gasteiger partial charge in [-0.05, 0) is 74.9 Å². The molecule has 2 nitrogen and oxygen atoms in total. The Bertz CT molecular complexity index is 313. The quantitative estimate of drug-likeness (QED) is 0.840. The zero-order valence-electron chi connectivity index (χ0n) is 10.7. The lowest BCUT2D eigenvalue weighted by molar-refractivity contribution is -0.146. The van der Waals surface area contributed by atoms with E-state index in [2.05, 4.69) is 0 Å². The predicted octanol–water partition coefficient (Wildman–Crippen LogP) is 3.27. The molecule has 3 heteroatoms. The minimum atomic E-state index is -0.595. The molecule has 1 atom stereocenters. The van der Waals surface area contributed by atoms with Crippen molar-refractivity contribution < 1.29 is 9.90 Å². The van der Waals surface area contributed by atoms with Gasteiger partial charge in [0.15, 0.2) is 0 Å². The molecule has 4 rings (SSSR count). The molecular formula is C14H22O2S. The van der Waals surface area contributed by atoms with Gasteiger partial charge in [0.1, 0.15) is 4.75 Å². The van der Waals surface area contributed by atoms with Crippen LogP contribution in [0.1, 0.15) is 39.0 Å². The first-order chi connectivity index (χ1) is 8.04. The van der Waals surface area contributed by atoms with E-state index in [1.54, 1.807) is 11.8 Å². The first-order valence-electron chi connectivity index (χ1n) is 6.83. The van der Waals surface area contributed by atoms with Gasteiger partial charge in [0.2, 0.25) is 0 Å². The minimum absolute atomic E-state index is 0.419. The molecule has 4 aliphatic rings. The first-order valence-corrected chi connectivity index (χ1v) is 8.05. The molecule has 0 amide bonds. The van der Waals surface area contributed by atoms with E-state index >= 15 is 0 Å². The van der Waals surface area contributed by atoms with Gasteiger partial charge in [0.05, 0.1) is 0 Å². The molecule has 1 N–H and O–H groups in total.